The number of furan rings is 1. The number of carboxylic acids is 1. The summed E-state index contributed by atoms with van der Waals surface area (Å²) in [6.45, 7) is 8.27. The molecule has 0 atom stereocenters. The third kappa shape index (κ3) is 4.34. The second-order valence-electron chi connectivity index (χ2n) is 8.24. The summed E-state index contributed by atoms with van der Waals surface area (Å²) < 4.78 is 11.1. The van der Waals surface area contributed by atoms with E-state index in [2.05, 4.69) is 26.1 Å². The molecule has 29 heavy (non-hydrogen) atoms. The molecule has 1 N–H and O–H groups in total. The van der Waals surface area contributed by atoms with Crippen LogP contribution in [0.3, 0.4) is 0 Å². The Hall–Kier alpha value is -3.09. The fourth-order valence-electron chi connectivity index (χ4n) is 3.38. The van der Waals surface area contributed by atoms with Gasteiger partial charge < -0.3 is 24.1 Å². The van der Waals surface area contributed by atoms with Gasteiger partial charge in [-0.05, 0) is 36.8 Å². The van der Waals surface area contributed by atoms with Crippen LogP contribution in [0.2, 0.25) is 0 Å². The lowest BCUT2D eigenvalue weighted by molar-refractivity contribution is -0.305. The minimum atomic E-state index is -1.16. The predicted molar refractivity (Wildman–Crippen MR) is 107 cm³/mol. The first kappa shape index (κ1) is 20.6. The average Bonchev–Trinajstić information content (AvgIpc) is 3.04. The maximum absolute atomic E-state index is 12.4. The third-order valence-electron chi connectivity index (χ3n) is 5.01. The Bertz CT molecular complexity index is 1150. The lowest BCUT2D eigenvalue weighted by Crippen LogP contribution is -2.30. The van der Waals surface area contributed by atoms with Crippen LogP contribution in [0.4, 0.5) is 0 Å². The first-order valence-corrected chi connectivity index (χ1v) is 9.52. The molecule has 2 aromatic heterocycles. The van der Waals surface area contributed by atoms with E-state index in [-0.39, 0.29) is 42.7 Å². The Balaban J connectivity index is 1.94. The molecule has 0 fully saturated rings. The van der Waals surface area contributed by atoms with E-state index in [1.165, 1.54) is 0 Å². The van der Waals surface area contributed by atoms with Crippen molar-refractivity contribution in [1.29, 1.82) is 0 Å². The highest BCUT2D eigenvalue weighted by Crippen LogP contribution is 2.35. The standard InChI is InChI=1S/C22H25NO6/c1-12-13-8-15-16(22(2,3)4)11-28-17(15)10-18(13)29-21(27)14(12)9-19(24)23-7-5-6-20(25)26/h8,10-11H,5-7,9H2,1-4H3,(H,23,24)(H,25,26)/p-1. The smallest absolute Gasteiger partial charge is 0.340 e. The van der Waals surface area contributed by atoms with Gasteiger partial charge in [0.15, 0.2) is 0 Å². The Kier molecular flexibility index (Phi) is 5.50. The number of aryl methyl sites for hydroxylation is 1. The van der Waals surface area contributed by atoms with Gasteiger partial charge in [0.2, 0.25) is 5.91 Å². The molecule has 0 aliphatic carbocycles. The van der Waals surface area contributed by atoms with E-state index < -0.39 is 11.6 Å². The molecule has 2 heterocycles. The zero-order valence-corrected chi connectivity index (χ0v) is 17.0. The van der Waals surface area contributed by atoms with Crippen LogP contribution in [-0.2, 0) is 21.4 Å². The van der Waals surface area contributed by atoms with Crippen molar-refractivity contribution in [2.45, 2.75) is 52.4 Å². The quantitative estimate of drug-likeness (QED) is 0.504. The SMILES string of the molecule is Cc1c(CC(=O)NCCCC(=O)[O-])c(=O)oc2cc3occ(C(C)(C)C)c3cc12. The molecule has 0 radical (unpaired) electrons. The number of benzene rings is 1. The second-order valence-corrected chi connectivity index (χ2v) is 8.24. The van der Waals surface area contributed by atoms with Crippen LogP contribution in [-0.4, -0.2) is 18.4 Å². The van der Waals surface area contributed by atoms with E-state index in [4.69, 9.17) is 8.83 Å². The molecular formula is C22H24NO6-. The van der Waals surface area contributed by atoms with E-state index in [0.717, 1.165) is 16.3 Å². The highest BCUT2D eigenvalue weighted by molar-refractivity contribution is 5.97. The van der Waals surface area contributed by atoms with Gasteiger partial charge in [-0.1, -0.05) is 20.8 Å². The van der Waals surface area contributed by atoms with E-state index in [1.807, 2.05) is 6.07 Å². The van der Waals surface area contributed by atoms with Crippen molar-refractivity contribution in [3.05, 3.63) is 45.5 Å². The Morgan fingerprint density at radius 3 is 2.52 bits per heavy atom. The summed E-state index contributed by atoms with van der Waals surface area (Å²) >= 11 is 0. The van der Waals surface area contributed by atoms with Crippen LogP contribution in [0.25, 0.3) is 21.9 Å². The van der Waals surface area contributed by atoms with Crippen LogP contribution < -0.4 is 16.0 Å². The second kappa shape index (κ2) is 7.73. The molecule has 0 unspecified atom stereocenters. The van der Waals surface area contributed by atoms with Crippen molar-refractivity contribution >= 4 is 33.8 Å². The summed E-state index contributed by atoms with van der Waals surface area (Å²) in [5.74, 6) is -1.52. The van der Waals surface area contributed by atoms with Crippen LogP contribution in [0, 0.1) is 6.92 Å². The van der Waals surface area contributed by atoms with Gasteiger partial charge >= 0.3 is 5.63 Å². The summed E-state index contributed by atoms with van der Waals surface area (Å²) in [6, 6.07) is 3.65. The zero-order chi connectivity index (χ0) is 21.3. The topological polar surface area (TPSA) is 113 Å². The number of carbonyl (C=O) groups is 2. The van der Waals surface area contributed by atoms with Crippen LogP contribution in [0.1, 0.15) is 50.3 Å². The van der Waals surface area contributed by atoms with Crippen molar-refractivity contribution in [2.24, 2.45) is 0 Å². The Morgan fingerprint density at radius 1 is 1.14 bits per heavy atom. The molecule has 1 amide bonds. The Morgan fingerprint density at radius 2 is 1.86 bits per heavy atom. The molecule has 0 aliphatic rings. The van der Waals surface area contributed by atoms with E-state index in [9.17, 15) is 19.5 Å². The number of carboxylic acid groups (broad SMARTS) is 1. The van der Waals surface area contributed by atoms with Gasteiger partial charge in [-0.15, -0.1) is 0 Å². The molecule has 0 bridgehead atoms. The minimum Gasteiger partial charge on any atom is -0.550 e. The molecule has 1 aromatic carbocycles. The summed E-state index contributed by atoms with van der Waals surface area (Å²) in [4.78, 5) is 35.1. The third-order valence-corrected chi connectivity index (χ3v) is 5.01. The lowest BCUT2D eigenvalue weighted by atomic mass is 9.86. The van der Waals surface area contributed by atoms with Gasteiger partial charge in [-0.2, -0.15) is 0 Å². The van der Waals surface area contributed by atoms with Crippen LogP contribution >= 0.6 is 0 Å². The summed E-state index contributed by atoms with van der Waals surface area (Å²) in [7, 11) is 0. The fraction of sp³-hybridized carbons (Fsp3) is 0.409. The molecule has 0 aliphatic heterocycles. The van der Waals surface area contributed by atoms with Crippen molar-refractivity contribution in [2.75, 3.05) is 6.54 Å². The van der Waals surface area contributed by atoms with Gasteiger partial charge in [0.1, 0.15) is 11.2 Å². The molecule has 3 aromatic rings. The van der Waals surface area contributed by atoms with Gasteiger partial charge in [0.25, 0.3) is 0 Å². The lowest BCUT2D eigenvalue weighted by Gasteiger charge is -2.16. The monoisotopic (exact) mass is 398 g/mol. The number of nitrogens with one attached hydrogen (secondary N) is 1. The highest BCUT2D eigenvalue weighted by Gasteiger charge is 2.22. The van der Waals surface area contributed by atoms with Gasteiger partial charge in [0.05, 0.1) is 18.2 Å². The summed E-state index contributed by atoms with van der Waals surface area (Å²) in [6.07, 6.45) is 1.73. The number of fused-ring (bicyclic) bond motifs is 2. The zero-order valence-electron chi connectivity index (χ0n) is 17.0. The largest absolute Gasteiger partial charge is 0.550 e. The molecule has 7 heteroatoms. The van der Waals surface area contributed by atoms with Gasteiger partial charge in [-0.3, -0.25) is 4.79 Å². The molecular weight excluding hydrogens is 374 g/mol. The maximum Gasteiger partial charge on any atom is 0.340 e. The number of aliphatic carboxylic acids is 1. The van der Waals surface area contributed by atoms with E-state index in [1.54, 1.807) is 19.3 Å². The average molecular weight is 398 g/mol. The van der Waals surface area contributed by atoms with Gasteiger partial charge in [-0.25, -0.2) is 4.79 Å². The number of hydrogen-bond acceptors (Lipinski definition) is 6. The Labute approximate surface area is 167 Å². The highest BCUT2D eigenvalue weighted by atomic mass is 16.4. The number of rotatable bonds is 6. The van der Waals surface area contributed by atoms with Crippen molar-refractivity contribution in [3.63, 3.8) is 0 Å². The van der Waals surface area contributed by atoms with Crippen LogP contribution in [0.5, 0.6) is 0 Å². The van der Waals surface area contributed by atoms with E-state index >= 15 is 0 Å². The van der Waals surface area contributed by atoms with Crippen molar-refractivity contribution < 1.29 is 23.5 Å². The normalized spacial score (nSPS) is 11.9. The van der Waals surface area contributed by atoms with E-state index in [0.29, 0.717) is 16.7 Å². The number of carbonyl (C=O) groups excluding carboxylic acids is 2. The first-order chi connectivity index (χ1) is 13.6. The maximum atomic E-state index is 12.4. The summed E-state index contributed by atoms with van der Waals surface area (Å²) in [5.41, 5.74) is 2.39. The first-order valence-electron chi connectivity index (χ1n) is 9.52. The summed E-state index contributed by atoms with van der Waals surface area (Å²) in [5, 5.41) is 14.7. The van der Waals surface area contributed by atoms with Crippen molar-refractivity contribution in [3.8, 4) is 0 Å². The molecule has 0 saturated carbocycles. The van der Waals surface area contributed by atoms with Crippen molar-refractivity contribution in [1.82, 2.24) is 5.32 Å². The molecule has 0 saturated heterocycles. The number of amides is 1. The minimum absolute atomic E-state index is 0.114. The van der Waals surface area contributed by atoms with Gasteiger partial charge in [0, 0.05) is 34.9 Å². The molecule has 154 valence electrons. The number of hydrogen-bond donors (Lipinski definition) is 1. The molecule has 7 nitrogen and oxygen atoms in total. The predicted octanol–water partition coefficient (Wildman–Crippen LogP) is 2.33. The molecule has 3 rings (SSSR count). The fourth-order valence-corrected chi connectivity index (χ4v) is 3.38. The van der Waals surface area contributed by atoms with Crippen LogP contribution in [0.15, 0.2) is 32.0 Å². The molecule has 0 spiro atoms.